The first-order chi connectivity index (χ1) is 2.41. The van der Waals surface area contributed by atoms with E-state index in [9.17, 15) is 9.13 Å². The normalized spacial score (nSPS) is 9.60. The molecule has 0 N–H and O–H groups in total. The lowest BCUT2D eigenvalue weighted by Crippen LogP contribution is -1.18. The molecule has 0 rings (SSSR count). The highest BCUT2D eigenvalue weighted by atomic mass is 31.1. The smallest absolute Gasteiger partial charge is 0.173 e. The fraction of sp³-hybridized carbons (Fsp3) is 0. The standard InChI is InChI=1S/CHO2P2/c2-4-1-5-3/h1H. The quantitative estimate of drug-likeness (QED) is 0.503. The second kappa shape index (κ2) is 4.20. The third kappa shape index (κ3) is 4.20. The van der Waals surface area contributed by atoms with Gasteiger partial charge in [0, 0.05) is 0 Å². The molecule has 0 amide bonds. The van der Waals surface area contributed by atoms with Crippen LogP contribution in [0, 0.1) is 5.90 Å². The van der Waals surface area contributed by atoms with Crippen molar-refractivity contribution in [2.45, 2.75) is 0 Å². The van der Waals surface area contributed by atoms with Gasteiger partial charge >= 0.3 is 0 Å². The van der Waals surface area contributed by atoms with Crippen LogP contribution in [-0.2, 0) is 9.13 Å². The van der Waals surface area contributed by atoms with Gasteiger partial charge in [0.2, 0.25) is 0 Å². The molecule has 0 aromatic carbocycles. The Morgan fingerprint density at radius 2 is 1.60 bits per heavy atom. The Balaban J connectivity index is 2.65. The topological polar surface area (TPSA) is 34.1 Å². The average Bonchev–Trinajstić information content (AvgIpc) is 1.41. The van der Waals surface area contributed by atoms with Crippen LogP contribution in [0.4, 0.5) is 0 Å². The summed E-state index contributed by atoms with van der Waals surface area (Å²) in [7, 11) is -0.340. The predicted octanol–water partition coefficient (Wildman–Crippen LogP) is 1.69. The van der Waals surface area contributed by atoms with Gasteiger partial charge in [-0.1, -0.05) is 0 Å². The number of rotatable bonds is 2. The van der Waals surface area contributed by atoms with Gasteiger partial charge in [-0.3, -0.25) is 9.13 Å². The van der Waals surface area contributed by atoms with Gasteiger partial charge in [0.25, 0.3) is 0 Å². The molecule has 1 radical (unpaired) electrons. The van der Waals surface area contributed by atoms with E-state index in [4.69, 9.17) is 0 Å². The van der Waals surface area contributed by atoms with Crippen LogP contribution in [0.25, 0.3) is 0 Å². The molecule has 0 saturated carbocycles. The van der Waals surface area contributed by atoms with Gasteiger partial charge in [-0.25, -0.2) is 0 Å². The second-order valence-electron chi connectivity index (χ2n) is 0.326. The third-order valence-corrected chi connectivity index (χ3v) is 0.849. The van der Waals surface area contributed by atoms with Gasteiger partial charge in [-0.15, -0.1) is 0 Å². The van der Waals surface area contributed by atoms with Crippen LogP contribution in [0.1, 0.15) is 0 Å². The summed E-state index contributed by atoms with van der Waals surface area (Å²) < 4.78 is 18.5. The number of hydrogen-bond donors (Lipinski definition) is 0. The van der Waals surface area contributed by atoms with Gasteiger partial charge in [-0.05, 0) is 0 Å². The van der Waals surface area contributed by atoms with E-state index in [1.807, 2.05) is 0 Å². The minimum absolute atomic E-state index is 0.170. The minimum atomic E-state index is -0.170. The van der Waals surface area contributed by atoms with E-state index in [2.05, 4.69) is 0 Å². The molecule has 0 fully saturated rings. The van der Waals surface area contributed by atoms with Crippen LogP contribution in [-0.4, -0.2) is 0 Å². The van der Waals surface area contributed by atoms with Gasteiger partial charge in [0.1, 0.15) is 5.90 Å². The van der Waals surface area contributed by atoms with Crippen LogP contribution in [0.15, 0.2) is 0 Å². The molecule has 27 valence electrons. The molecule has 0 saturated heterocycles. The van der Waals surface area contributed by atoms with Gasteiger partial charge in [-0.2, -0.15) is 0 Å². The van der Waals surface area contributed by atoms with Crippen molar-refractivity contribution in [1.29, 1.82) is 0 Å². The van der Waals surface area contributed by atoms with E-state index in [0.29, 0.717) is 0 Å². The first kappa shape index (κ1) is 5.20. The number of hydrogen-bond acceptors (Lipinski definition) is 2. The molecule has 0 aliphatic rings. The van der Waals surface area contributed by atoms with Crippen molar-refractivity contribution in [3.05, 3.63) is 5.90 Å². The molecule has 2 nitrogen and oxygen atoms in total. The Morgan fingerprint density at radius 1 is 1.20 bits per heavy atom. The Morgan fingerprint density at radius 3 is 1.60 bits per heavy atom. The van der Waals surface area contributed by atoms with Crippen LogP contribution in [0.5, 0.6) is 0 Å². The van der Waals surface area contributed by atoms with Crippen LogP contribution < -0.4 is 0 Å². The zero-order chi connectivity index (χ0) is 4.12. The Kier molecular flexibility index (Phi) is 4.37. The van der Waals surface area contributed by atoms with Crippen molar-refractivity contribution in [2.75, 3.05) is 0 Å². The van der Waals surface area contributed by atoms with Crippen LogP contribution >= 0.6 is 16.9 Å². The largest absolute Gasteiger partial charge is 0.274 e. The maximum absolute atomic E-state index is 9.24. The Labute approximate surface area is 33.0 Å². The molecule has 0 aromatic heterocycles. The summed E-state index contributed by atoms with van der Waals surface area (Å²) in [6, 6.07) is 0. The summed E-state index contributed by atoms with van der Waals surface area (Å²) in [6.07, 6.45) is 0. The van der Waals surface area contributed by atoms with Crippen molar-refractivity contribution in [3.8, 4) is 0 Å². The maximum Gasteiger partial charge on any atom is 0.173 e. The van der Waals surface area contributed by atoms with Crippen molar-refractivity contribution in [1.82, 2.24) is 0 Å². The zero-order valence-corrected chi connectivity index (χ0v) is 4.08. The lowest BCUT2D eigenvalue weighted by molar-refractivity contribution is 0.598. The third-order valence-electron chi connectivity index (χ3n) is 0.0943. The summed E-state index contributed by atoms with van der Waals surface area (Å²) in [4.78, 5) is 0. The first-order valence-electron chi connectivity index (χ1n) is 0.882. The molecule has 4 heteroatoms. The van der Waals surface area contributed by atoms with Gasteiger partial charge < -0.3 is 0 Å². The molecule has 0 aliphatic carbocycles. The molecule has 0 aliphatic heterocycles. The molecular weight excluding hydrogens is 106 g/mol. The fourth-order valence-electron chi connectivity index (χ4n) is 0.0192. The summed E-state index contributed by atoms with van der Waals surface area (Å²) in [6.45, 7) is 0. The van der Waals surface area contributed by atoms with Crippen molar-refractivity contribution >= 4 is 16.9 Å². The van der Waals surface area contributed by atoms with Crippen molar-refractivity contribution in [2.24, 2.45) is 0 Å². The molecule has 0 aromatic rings. The minimum Gasteiger partial charge on any atom is -0.274 e. The van der Waals surface area contributed by atoms with Crippen LogP contribution in [0.3, 0.4) is 0 Å². The van der Waals surface area contributed by atoms with Gasteiger partial charge in [0.15, 0.2) is 16.9 Å². The Hall–Kier alpha value is 0.200. The van der Waals surface area contributed by atoms with Crippen molar-refractivity contribution in [3.63, 3.8) is 0 Å². The summed E-state index contributed by atoms with van der Waals surface area (Å²) in [5, 5.41) is 0. The van der Waals surface area contributed by atoms with Crippen molar-refractivity contribution < 1.29 is 9.13 Å². The molecular formula is CHO2P2. The highest BCUT2D eigenvalue weighted by Crippen LogP contribution is 2.09. The van der Waals surface area contributed by atoms with E-state index < -0.39 is 0 Å². The lowest BCUT2D eigenvalue weighted by Gasteiger charge is -1.48. The first-order valence-corrected chi connectivity index (χ1v) is 2.64. The molecule has 0 spiro atoms. The molecule has 0 heterocycles. The monoisotopic (exact) mass is 107 g/mol. The molecule has 0 unspecified atom stereocenters. The van der Waals surface area contributed by atoms with E-state index in [0.717, 1.165) is 5.90 Å². The Bertz CT molecular complexity index is 36.9. The van der Waals surface area contributed by atoms with Gasteiger partial charge in [0.05, 0.1) is 0 Å². The van der Waals surface area contributed by atoms with E-state index >= 15 is 0 Å². The molecule has 0 atom stereocenters. The van der Waals surface area contributed by atoms with Crippen LogP contribution in [0.2, 0.25) is 0 Å². The zero-order valence-electron chi connectivity index (χ0n) is 2.29. The molecule has 5 heavy (non-hydrogen) atoms. The van der Waals surface area contributed by atoms with E-state index in [1.54, 1.807) is 0 Å². The van der Waals surface area contributed by atoms with E-state index in [1.165, 1.54) is 0 Å². The highest BCUT2D eigenvalue weighted by Gasteiger charge is 1.71. The summed E-state index contributed by atoms with van der Waals surface area (Å²) >= 11 is 0. The SMILES string of the molecule is O=P[CH]P=O. The maximum atomic E-state index is 9.24. The predicted molar refractivity (Wildman–Crippen MR) is 19.5 cm³/mol. The van der Waals surface area contributed by atoms with E-state index in [-0.39, 0.29) is 16.9 Å². The molecule has 0 bridgehead atoms. The summed E-state index contributed by atoms with van der Waals surface area (Å²) in [5.74, 6) is 1.08. The highest BCUT2D eigenvalue weighted by molar-refractivity contribution is 7.47. The summed E-state index contributed by atoms with van der Waals surface area (Å²) in [5.41, 5.74) is 0. The lowest BCUT2D eigenvalue weighted by atomic mass is 11.9. The fourth-order valence-corrected chi connectivity index (χ4v) is 0.173. The average molecular weight is 107 g/mol. The second-order valence-corrected chi connectivity index (χ2v) is 1.67.